The number of hydrogen-bond acceptors (Lipinski definition) is 0. The molecule has 0 saturated carbocycles. The van der Waals surface area contributed by atoms with Crippen molar-refractivity contribution in [2.75, 3.05) is 0 Å². The minimum atomic E-state index is 1.05. The predicted octanol–water partition coefficient (Wildman–Crippen LogP) is 11.1. The van der Waals surface area contributed by atoms with Crippen LogP contribution >= 0.6 is 31.9 Å². The van der Waals surface area contributed by atoms with E-state index in [4.69, 9.17) is 0 Å². The molecular formula is C36H22Br2N2. The molecule has 0 bridgehead atoms. The predicted molar refractivity (Wildman–Crippen MR) is 176 cm³/mol. The second kappa shape index (κ2) is 9.22. The number of rotatable bonds is 3. The molecule has 0 spiro atoms. The first-order chi connectivity index (χ1) is 19.7. The van der Waals surface area contributed by atoms with Crippen LogP contribution in [0.25, 0.3) is 66.1 Å². The molecule has 2 aromatic heterocycles. The molecule has 0 aliphatic heterocycles. The summed E-state index contributed by atoms with van der Waals surface area (Å²) in [5.74, 6) is 0. The Balaban J connectivity index is 1.36. The number of aromatic nitrogens is 2. The zero-order valence-electron chi connectivity index (χ0n) is 21.4. The van der Waals surface area contributed by atoms with Gasteiger partial charge < -0.3 is 9.13 Å². The van der Waals surface area contributed by atoms with Gasteiger partial charge in [-0.2, -0.15) is 0 Å². The van der Waals surface area contributed by atoms with Gasteiger partial charge in [-0.1, -0.05) is 105 Å². The first-order valence-corrected chi connectivity index (χ1v) is 14.8. The molecule has 0 fully saturated rings. The van der Waals surface area contributed by atoms with Crippen molar-refractivity contribution in [2.24, 2.45) is 0 Å². The van der Waals surface area contributed by atoms with Crippen molar-refractivity contribution in [3.63, 3.8) is 0 Å². The summed E-state index contributed by atoms with van der Waals surface area (Å²) < 4.78 is 6.84. The quantitative estimate of drug-likeness (QED) is 0.182. The molecule has 8 rings (SSSR count). The van der Waals surface area contributed by atoms with Gasteiger partial charge in [0.2, 0.25) is 0 Å². The summed E-state index contributed by atoms with van der Waals surface area (Å²) in [7, 11) is 0. The van der Waals surface area contributed by atoms with E-state index >= 15 is 0 Å². The zero-order valence-corrected chi connectivity index (χ0v) is 24.5. The zero-order chi connectivity index (χ0) is 26.8. The van der Waals surface area contributed by atoms with Crippen molar-refractivity contribution < 1.29 is 0 Å². The van der Waals surface area contributed by atoms with Gasteiger partial charge in [-0.05, 0) is 71.8 Å². The summed E-state index contributed by atoms with van der Waals surface area (Å²) >= 11 is 7.76. The Morgan fingerprint density at radius 3 is 0.975 bits per heavy atom. The minimum Gasteiger partial charge on any atom is -0.309 e. The minimum absolute atomic E-state index is 1.05. The second-order valence-electron chi connectivity index (χ2n) is 10.1. The van der Waals surface area contributed by atoms with Crippen LogP contribution in [0, 0.1) is 0 Å². The molecule has 2 heterocycles. The third-order valence-electron chi connectivity index (χ3n) is 7.87. The first kappa shape index (κ1) is 23.7. The van der Waals surface area contributed by atoms with E-state index in [0.717, 1.165) is 31.4 Å². The Morgan fingerprint density at radius 1 is 0.350 bits per heavy atom. The van der Waals surface area contributed by atoms with E-state index < -0.39 is 0 Å². The topological polar surface area (TPSA) is 9.86 Å². The lowest BCUT2D eigenvalue weighted by Crippen LogP contribution is -1.97. The van der Waals surface area contributed by atoms with Gasteiger partial charge in [0.15, 0.2) is 0 Å². The fraction of sp³-hybridized carbons (Fsp3) is 0. The lowest BCUT2D eigenvalue weighted by Gasteiger charge is -2.15. The number of benzene rings is 6. The van der Waals surface area contributed by atoms with Gasteiger partial charge in [-0.3, -0.25) is 0 Å². The van der Waals surface area contributed by atoms with Crippen molar-refractivity contribution in [2.45, 2.75) is 0 Å². The lowest BCUT2D eigenvalue weighted by atomic mass is 10.0. The van der Waals surface area contributed by atoms with Crippen molar-refractivity contribution >= 4 is 75.5 Å². The van der Waals surface area contributed by atoms with Crippen LogP contribution in [-0.2, 0) is 0 Å². The Kier molecular flexibility index (Phi) is 5.48. The molecule has 0 aliphatic carbocycles. The summed E-state index contributed by atoms with van der Waals surface area (Å²) in [6.07, 6.45) is 0. The molecule has 4 heteroatoms. The lowest BCUT2D eigenvalue weighted by molar-refractivity contribution is 1.17. The van der Waals surface area contributed by atoms with E-state index in [1.54, 1.807) is 0 Å². The summed E-state index contributed by atoms with van der Waals surface area (Å²) in [6.45, 7) is 0. The number of halogens is 2. The Morgan fingerprint density at radius 2 is 0.650 bits per heavy atom. The molecule has 8 aromatic rings. The van der Waals surface area contributed by atoms with Gasteiger partial charge in [-0.15, -0.1) is 0 Å². The Labute approximate surface area is 248 Å². The highest BCUT2D eigenvalue weighted by Gasteiger charge is 2.17. The van der Waals surface area contributed by atoms with Crippen LogP contribution in [0.4, 0.5) is 0 Å². The normalized spacial score (nSPS) is 11.8. The molecule has 0 unspecified atom stereocenters. The first-order valence-electron chi connectivity index (χ1n) is 13.3. The maximum atomic E-state index is 3.88. The molecule has 2 nitrogen and oxygen atoms in total. The van der Waals surface area contributed by atoms with Gasteiger partial charge in [0.05, 0.1) is 22.1 Å². The smallest absolute Gasteiger partial charge is 0.0541 e. The standard InChI is InChI=1S/C36H22Br2N2/c37-31-19-17-23(39-33-13-5-1-9-25(33)26-10-2-6-14-34(26)39)21-29(31)30-22-24(18-20-32(30)38)40-35-15-7-3-11-27(35)28-12-4-8-16-36(28)40/h1-22H. The molecule has 0 aliphatic rings. The molecule has 40 heavy (non-hydrogen) atoms. The van der Waals surface area contributed by atoms with Crippen LogP contribution in [0.3, 0.4) is 0 Å². The van der Waals surface area contributed by atoms with Crippen LogP contribution in [0.5, 0.6) is 0 Å². The number of hydrogen-bond donors (Lipinski definition) is 0. The summed E-state index contributed by atoms with van der Waals surface area (Å²) in [5, 5.41) is 5.04. The fourth-order valence-electron chi connectivity index (χ4n) is 6.12. The average molecular weight is 642 g/mol. The van der Waals surface area contributed by atoms with Crippen LogP contribution in [0.2, 0.25) is 0 Å². The largest absolute Gasteiger partial charge is 0.309 e. The number of fused-ring (bicyclic) bond motifs is 6. The van der Waals surface area contributed by atoms with Crippen LogP contribution in [-0.4, -0.2) is 9.13 Å². The maximum absolute atomic E-state index is 3.88. The molecule has 0 amide bonds. The molecule has 0 N–H and O–H groups in total. The van der Waals surface area contributed by atoms with Gasteiger partial charge in [0, 0.05) is 41.9 Å². The van der Waals surface area contributed by atoms with Crippen LogP contribution < -0.4 is 0 Å². The molecular weight excluding hydrogens is 620 g/mol. The van der Waals surface area contributed by atoms with Crippen LogP contribution in [0.15, 0.2) is 142 Å². The fourth-order valence-corrected chi connectivity index (χ4v) is 7.04. The molecule has 6 aromatic carbocycles. The highest BCUT2D eigenvalue weighted by Crippen LogP contribution is 2.40. The SMILES string of the molecule is Brc1ccc(-n2c3ccccc3c3ccccc32)cc1-c1cc(-n2c3ccccc3c3ccccc32)ccc1Br. The van der Waals surface area contributed by atoms with Gasteiger partial charge in [0.1, 0.15) is 0 Å². The second-order valence-corrected chi connectivity index (χ2v) is 11.8. The highest BCUT2D eigenvalue weighted by atomic mass is 79.9. The van der Waals surface area contributed by atoms with E-state index in [1.807, 2.05) is 0 Å². The molecule has 0 saturated heterocycles. The van der Waals surface area contributed by atoms with E-state index in [2.05, 4.69) is 174 Å². The summed E-state index contributed by atoms with van der Waals surface area (Å²) in [6, 6.07) is 47.8. The third-order valence-corrected chi connectivity index (χ3v) is 9.25. The summed E-state index contributed by atoms with van der Waals surface area (Å²) in [4.78, 5) is 0. The number of nitrogens with zero attached hydrogens (tertiary/aromatic N) is 2. The third kappa shape index (κ3) is 3.53. The van der Waals surface area contributed by atoms with Crippen molar-refractivity contribution in [1.82, 2.24) is 9.13 Å². The van der Waals surface area contributed by atoms with E-state index in [-0.39, 0.29) is 0 Å². The molecule has 0 atom stereocenters. The van der Waals surface area contributed by atoms with E-state index in [0.29, 0.717) is 0 Å². The highest BCUT2D eigenvalue weighted by molar-refractivity contribution is 9.11. The molecule has 190 valence electrons. The summed E-state index contributed by atoms with van der Waals surface area (Å²) in [5.41, 5.74) is 9.34. The Bertz CT molecular complexity index is 1990. The van der Waals surface area contributed by atoms with Crippen LogP contribution in [0.1, 0.15) is 0 Å². The average Bonchev–Trinajstić information content (AvgIpc) is 3.51. The van der Waals surface area contributed by atoms with Crippen molar-refractivity contribution in [3.05, 3.63) is 142 Å². The van der Waals surface area contributed by atoms with Gasteiger partial charge >= 0.3 is 0 Å². The Hall–Kier alpha value is -4.12. The van der Waals surface area contributed by atoms with Crippen molar-refractivity contribution in [3.8, 4) is 22.5 Å². The maximum Gasteiger partial charge on any atom is 0.0541 e. The van der Waals surface area contributed by atoms with Crippen molar-refractivity contribution in [1.29, 1.82) is 0 Å². The van der Waals surface area contributed by atoms with Gasteiger partial charge in [0.25, 0.3) is 0 Å². The monoisotopic (exact) mass is 640 g/mol. The number of para-hydroxylation sites is 4. The van der Waals surface area contributed by atoms with E-state index in [1.165, 1.54) is 43.6 Å². The molecule has 0 radical (unpaired) electrons. The van der Waals surface area contributed by atoms with E-state index in [9.17, 15) is 0 Å². The van der Waals surface area contributed by atoms with Gasteiger partial charge in [-0.25, -0.2) is 0 Å².